The van der Waals surface area contributed by atoms with E-state index in [0.717, 1.165) is 21.1 Å². The van der Waals surface area contributed by atoms with Gasteiger partial charge in [0.1, 0.15) is 5.75 Å². The number of amides is 1. The van der Waals surface area contributed by atoms with Crippen LogP contribution in [0.2, 0.25) is 0 Å². The molecule has 0 atom stereocenters. The van der Waals surface area contributed by atoms with E-state index in [9.17, 15) is 4.79 Å². The molecule has 0 radical (unpaired) electrons. The molecule has 0 aliphatic carbocycles. The number of anilines is 1. The molecule has 1 amide bonds. The SMILES string of the molecule is COc1ccc2nc(N3CC(C(N)=O)C3)sc2c1. The fourth-order valence-electron chi connectivity index (χ4n) is 1.97. The lowest BCUT2D eigenvalue weighted by atomic mass is 10.0. The van der Waals surface area contributed by atoms with E-state index in [1.165, 1.54) is 0 Å². The monoisotopic (exact) mass is 263 g/mol. The number of methoxy groups -OCH3 is 1. The summed E-state index contributed by atoms with van der Waals surface area (Å²) in [4.78, 5) is 17.6. The van der Waals surface area contributed by atoms with E-state index in [2.05, 4.69) is 9.88 Å². The first-order valence-corrected chi connectivity index (χ1v) is 6.48. The molecular weight excluding hydrogens is 250 g/mol. The van der Waals surface area contributed by atoms with Crippen LogP contribution in [-0.2, 0) is 4.79 Å². The molecule has 0 spiro atoms. The summed E-state index contributed by atoms with van der Waals surface area (Å²) in [6.07, 6.45) is 0. The number of ether oxygens (including phenoxy) is 1. The van der Waals surface area contributed by atoms with E-state index < -0.39 is 0 Å². The highest BCUT2D eigenvalue weighted by molar-refractivity contribution is 7.22. The van der Waals surface area contributed by atoms with Crippen molar-refractivity contribution in [1.82, 2.24) is 4.98 Å². The molecule has 1 aliphatic rings. The minimum absolute atomic E-state index is 0.0356. The molecule has 1 aromatic heterocycles. The van der Waals surface area contributed by atoms with Crippen LogP contribution in [-0.4, -0.2) is 31.1 Å². The fraction of sp³-hybridized carbons (Fsp3) is 0.333. The molecule has 0 unspecified atom stereocenters. The number of primary amides is 1. The topological polar surface area (TPSA) is 68.4 Å². The minimum atomic E-state index is -0.228. The highest BCUT2D eigenvalue weighted by Gasteiger charge is 2.32. The quantitative estimate of drug-likeness (QED) is 0.904. The number of aromatic nitrogens is 1. The van der Waals surface area contributed by atoms with Gasteiger partial charge < -0.3 is 15.4 Å². The Labute approximate surface area is 108 Å². The first-order chi connectivity index (χ1) is 8.67. The van der Waals surface area contributed by atoms with E-state index in [-0.39, 0.29) is 11.8 Å². The summed E-state index contributed by atoms with van der Waals surface area (Å²) < 4.78 is 6.27. The Hall–Kier alpha value is -1.82. The van der Waals surface area contributed by atoms with Gasteiger partial charge in [0.25, 0.3) is 0 Å². The summed E-state index contributed by atoms with van der Waals surface area (Å²) >= 11 is 1.61. The number of nitrogens with two attached hydrogens (primary N) is 1. The maximum absolute atomic E-state index is 11.0. The summed E-state index contributed by atoms with van der Waals surface area (Å²) in [5.74, 6) is 0.567. The molecule has 1 saturated heterocycles. The molecule has 2 aromatic rings. The summed E-state index contributed by atoms with van der Waals surface area (Å²) in [7, 11) is 1.65. The molecule has 1 fully saturated rings. The molecule has 5 nitrogen and oxygen atoms in total. The van der Waals surface area contributed by atoms with Crippen molar-refractivity contribution < 1.29 is 9.53 Å². The molecule has 3 rings (SSSR count). The average molecular weight is 263 g/mol. The van der Waals surface area contributed by atoms with Gasteiger partial charge in [-0.3, -0.25) is 4.79 Å². The second-order valence-corrected chi connectivity index (χ2v) is 5.34. The first-order valence-electron chi connectivity index (χ1n) is 5.66. The second-order valence-electron chi connectivity index (χ2n) is 4.33. The standard InChI is InChI=1S/C12H13N3O2S/c1-17-8-2-3-9-10(4-8)18-12(14-9)15-5-7(6-15)11(13)16/h2-4,7H,5-6H2,1H3,(H2,13,16). The Morgan fingerprint density at radius 3 is 3.00 bits per heavy atom. The predicted octanol–water partition coefficient (Wildman–Crippen LogP) is 1.23. The molecule has 94 valence electrons. The summed E-state index contributed by atoms with van der Waals surface area (Å²) in [5.41, 5.74) is 6.21. The number of benzene rings is 1. The highest BCUT2D eigenvalue weighted by atomic mass is 32.1. The van der Waals surface area contributed by atoms with Crippen LogP contribution in [0, 0.1) is 5.92 Å². The van der Waals surface area contributed by atoms with Gasteiger partial charge >= 0.3 is 0 Å². The van der Waals surface area contributed by atoms with Crippen LogP contribution in [0.5, 0.6) is 5.75 Å². The predicted molar refractivity (Wildman–Crippen MR) is 71.1 cm³/mol. The summed E-state index contributed by atoms with van der Waals surface area (Å²) in [6, 6.07) is 5.82. The van der Waals surface area contributed by atoms with Gasteiger partial charge in [0, 0.05) is 13.1 Å². The van der Waals surface area contributed by atoms with Crippen LogP contribution >= 0.6 is 11.3 Å². The fourth-order valence-corrected chi connectivity index (χ4v) is 2.98. The highest BCUT2D eigenvalue weighted by Crippen LogP contribution is 2.34. The van der Waals surface area contributed by atoms with Crippen LogP contribution in [0.25, 0.3) is 10.2 Å². The van der Waals surface area contributed by atoms with Crippen LogP contribution in [0.15, 0.2) is 18.2 Å². The molecule has 2 N–H and O–H groups in total. The van der Waals surface area contributed by atoms with E-state index in [1.807, 2.05) is 18.2 Å². The molecule has 6 heteroatoms. The van der Waals surface area contributed by atoms with Crippen molar-refractivity contribution >= 4 is 32.6 Å². The number of thiazole rings is 1. The van der Waals surface area contributed by atoms with Crippen molar-refractivity contribution in [1.29, 1.82) is 0 Å². The van der Waals surface area contributed by atoms with Gasteiger partial charge in [-0.25, -0.2) is 4.98 Å². The first kappa shape index (κ1) is 11.3. The molecule has 1 aliphatic heterocycles. The van der Waals surface area contributed by atoms with Gasteiger partial charge in [-0.2, -0.15) is 0 Å². The number of rotatable bonds is 3. The molecule has 0 saturated carbocycles. The lowest BCUT2D eigenvalue weighted by Crippen LogP contribution is -2.52. The van der Waals surface area contributed by atoms with Crippen LogP contribution in [0.3, 0.4) is 0 Å². The van der Waals surface area contributed by atoms with Crippen LogP contribution < -0.4 is 15.4 Å². The zero-order chi connectivity index (χ0) is 12.7. The van der Waals surface area contributed by atoms with Crippen LogP contribution in [0.1, 0.15) is 0 Å². The van der Waals surface area contributed by atoms with Gasteiger partial charge in [-0.15, -0.1) is 0 Å². The van der Waals surface area contributed by atoms with Crippen molar-refractivity contribution in [2.24, 2.45) is 11.7 Å². The maximum Gasteiger partial charge on any atom is 0.224 e. The summed E-state index contributed by atoms with van der Waals surface area (Å²) in [6.45, 7) is 1.35. The Balaban J connectivity index is 1.84. The Morgan fingerprint density at radius 1 is 1.56 bits per heavy atom. The van der Waals surface area contributed by atoms with Crippen LogP contribution in [0.4, 0.5) is 5.13 Å². The van der Waals surface area contributed by atoms with Gasteiger partial charge in [0.05, 0.1) is 23.2 Å². The lowest BCUT2D eigenvalue weighted by molar-refractivity contribution is -0.122. The van der Waals surface area contributed by atoms with E-state index in [0.29, 0.717) is 13.1 Å². The zero-order valence-corrected chi connectivity index (χ0v) is 10.7. The Bertz CT molecular complexity index is 604. The Morgan fingerprint density at radius 2 is 2.33 bits per heavy atom. The third-order valence-corrected chi connectivity index (χ3v) is 4.22. The molecule has 18 heavy (non-hydrogen) atoms. The lowest BCUT2D eigenvalue weighted by Gasteiger charge is -2.36. The third-order valence-electron chi connectivity index (χ3n) is 3.14. The maximum atomic E-state index is 11.0. The third kappa shape index (κ3) is 1.78. The Kier molecular flexibility index (Phi) is 2.59. The van der Waals surface area contributed by atoms with Crippen molar-refractivity contribution in [3.05, 3.63) is 18.2 Å². The smallest absolute Gasteiger partial charge is 0.224 e. The largest absolute Gasteiger partial charge is 0.497 e. The summed E-state index contributed by atoms with van der Waals surface area (Å²) in [5, 5.41) is 0.941. The zero-order valence-electron chi connectivity index (χ0n) is 9.92. The van der Waals surface area contributed by atoms with Crippen molar-refractivity contribution in [3.8, 4) is 5.75 Å². The van der Waals surface area contributed by atoms with E-state index >= 15 is 0 Å². The number of hydrogen-bond donors (Lipinski definition) is 1. The molecule has 2 heterocycles. The molecular formula is C12H13N3O2S. The van der Waals surface area contributed by atoms with Gasteiger partial charge in [0.2, 0.25) is 5.91 Å². The van der Waals surface area contributed by atoms with Crippen molar-refractivity contribution in [3.63, 3.8) is 0 Å². The van der Waals surface area contributed by atoms with E-state index in [1.54, 1.807) is 18.4 Å². The molecule has 0 bridgehead atoms. The average Bonchev–Trinajstić information content (AvgIpc) is 2.68. The minimum Gasteiger partial charge on any atom is -0.497 e. The number of fused-ring (bicyclic) bond motifs is 1. The van der Waals surface area contributed by atoms with Crippen molar-refractivity contribution in [2.45, 2.75) is 0 Å². The number of carbonyl (C=O) groups is 1. The molecule has 1 aromatic carbocycles. The van der Waals surface area contributed by atoms with Gasteiger partial charge in [-0.05, 0) is 18.2 Å². The van der Waals surface area contributed by atoms with Gasteiger partial charge in [-0.1, -0.05) is 11.3 Å². The van der Waals surface area contributed by atoms with Crippen molar-refractivity contribution in [2.75, 3.05) is 25.1 Å². The number of carbonyl (C=O) groups excluding carboxylic acids is 1. The van der Waals surface area contributed by atoms with E-state index in [4.69, 9.17) is 10.5 Å². The second kappa shape index (κ2) is 4.13. The van der Waals surface area contributed by atoms with Gasteiger partial charge in [0.15, 0.2) is 5.13 Å². The normalized spacial score (nSPS) is 15.7. The number of hydrogen-bond acceptors (Lipinski definition) is 5. The number of nitrogens with zero attached hydrogens (tertiary/aromatic N) is 2.